The lowest BCUT2D eigenvalue weighted by Crippen LogP contribution is -2.46. The number of ether oxygens (including phenoxy) is 2. The van der Waals surface area contributed by atoms with E-state index in [1.165, 1.54) is 14.2 Å². The molecule has 0 spiro atoms. The Hall–Kier alpha value is -0.740. The lowest BCUT2D eigenvalue weighted by Gasteiger charge is -2.37. The maximum atomic E-state index is 12.2. The zero-order chi connectivity index (χ0) is 12.9. The Morgan fingerprint density at radius 2 is 1.71 bits per heavy atom. The van der Waals surface area contributed by atoms with E-state index in [4.69, 9.17) is 9.47 Å². The van der Waals surface area contributed by atoms with Crippen LogP contribution >= 0.6 is 0 Å². The number of ketones is 2. The second-order valence-corrected chi connectivity index (χ2v) is 5.00. The van der Waals surface area contributed by atoms with Crippen molar-refractivity contribution in [2.45, 2.75) is 32.6 Å². The number of hydrogen-bond acceptors (Lipinski definition) is 4. The Labute approximate surface area is 103 Å². The summed E-state index contributed by atoms with van der Waals surface area (Å²) in [6.45, 7) is 2.12. The molecule has 4 nitrogen and oxygen atoms in total. The van der Waals surface area contributed by atoms with Gasteiger partial charge in [0.1, 0.15) is 13.2 Å². The molecule has 1 aliphatic carbocycles. The van der Waals surface area contributed by atoms with Gasteiger partial charge in [-0.05, 0) is 18.8 Å². The van der Waals surface area contributed by atoms with Gasteiger partial charge >= 0.3 is 0 Å². The first kappa shape index (κ1) is 14.3. The van der Waals surface area contributed by atoms with E-state index >= 15 is 0 Å². The second kappa shape index (κ2) is 6.26. The SMILES string of the molecule is COCC(=O)C1(C(=O)COC)CCCC(C)C1. The van der Waals surface area contributed by atoms with E-state index in [-0.39, 0.29) is 24.8 Å². The number of carbonyl (C=O) groups is 2. The Morgan fingerprint density at radius 1 is 1.18 bits per heavy atom. The van der Waals surface area contributed by atoms with Gasteiger partial charge in [-0.1, -0.05) is 19.8 Å². The Kier molecular flexibility index (Phi) is 5.28. The molecule has 17 heavy (non-hydrogen) atoms. The van der Waals surface area contributed by atoms with Crippen LogP contribution in [0.2, 0.25) is 0 Å². The van der Waals surface area contributed by atoms with E-state index in [2.05, 4.69) is 6.92 Å². The van der Waals surface area contributed by atoms with Crippen molar-refractivity contribution < 1.29 is 19.1 Å². The molecule has 1 atom stereocenters. The average Bonchev–Trinajstić information content (AvgIpc) is 2.29. The summed E-state index contributed by atoms with van der Waals surface area (Å²) >= 11 is 0. The summed E-state index contributed by atoms with van der Waals surface area (Å²) in [5.41, 5.74) is -0.857. The summed E-state index contributed by atoms with van der Waals surface area (Å²) in [4.78, 5) is 24.4. The quantitative estimate of drug-likeness (QED) is 0.664. The number of Topliss-reactive ketones (excluding diaryl/α,β-unsaturated/α-hetero) is 2. The van der Waals surface area contributed by atoms with E-state index in [9.17, 15) is 9.59 Å². The summed E-state index contributed by atoms with van der Waals surface area (Å²) in [7, 11) is 2.97. The number of rotatable bonds is 6. The van der Waals surface area contributed by atoms with Gasteiger partial charge in [-0.15, -0.1) is 0 Å². The van der Waals surface area contributed by atoms with Gasteiger partial charge < -0.3 is 9.47 Å². The van der Waals surface area contributed by atoms with Gasteiger partial charge in [0.15, 0.2) is 11.6 Å². The van der Waals surface area contributed by atoms with Crippen LogP contribution in [-0.4, -0.2) is 39.0 Å². The van der Waals surface area contributed by atoms with Gasteiger partial charge in [0, 0.05) is 14.2 Å². The minimum absolute atomic E-state index is 0.0160. The molecule has 1 fully saturated rings. The van der Waals surface area contributed by atoms with Crippen LogP contribution < -0.4 is 0 Å². The molecule has 1 rings (SSSR count). The topological polar surface area (TPSA) is 52.6 Å². The Morgan fingerprint density at radius 3 is 2.12 bits per heavy atom. The molecule has 0 heterocycles. The molecule has 1 saturated carbocycles. The van der Waals surface area contributed by atoms with Crippen LogP contribution in [-0.2, 0) is 19.1 Å². The maximum absolute atomic E-state index is 12.2. The minimum atomic E-state index is -0.857. The van der Waals surface area contributed by atoms with Crippen LogP contribution in [0, 0.1) is 11.3 Å². The summed E-state index contributed by atoms with van der Waals surface area (Å²) in [6.07, 6.45) is 3.29. The van der Waals surface area contributed by atoms with Crippen molar-refractivity contribution in [2.24, 2.45) is 11.3 Å². The lowest BCUT2D eigenvalue weighted by atomic mass is 9.65. The molecule has 0 aliphatic heterocycles. The minimum Gasteiger partial charge on any atom is -0.377 e. The second-order valence-electron chi connectivity index (χ2n) is 5.00. The van der Waals surface area contributed by atoms with E-state index in [0.717, 1.165) is 12.8 Å². The fraction of sp³-hybridized carbons (Fsp3) is 0.846. The summed E-state index contributed by atoms with van der Waals surface area (Å²) < 4.78 is 9.81. The monoisotopic (exact) mass is 242 g/mol. The highest BCUT2D eigenvalue weighted by Crippen LogP contribution is 2.41. The van der Waals surface area contributed by atoms with Crippen molar-refractivity contribution in [1.29, 1.82) is 0 Å². The Bertz CT molecular complexity index is 267. The highest BCUT2D eigenvalue weighted by atomic mass is 16.5. The van der Waals surface area contributed by atoms with Crippen LogP contribution in [0.3, 0.4) is 0 Å². The Balaban J connectivity index is 2.90. The summed E-state index contributed by atoms with van der Waals surface area (Å²) in [5.74, 6) is 0.229. The molecule has 0 aromatic carbocycles. The average molecular weight is 242 g/mol. The smallest absolute Gasteiger partial charge is 0.172 e. The molecule has 1 aliphatic rings. The normalized spacial score (nSPS) is 23.4. The molecule has 0 radical (unpaired) electrons. The molecular weight excluding hydrogens is 220 g/mol. The molecule has 0 bridgehead atoms. The molecule has 98 valence electrons. The first-order valence-corrected chi connectivity index (χ1v) is 6.11. The van der Waals surface area contributed by atoms with Gasteiger partial charge in [-0.3, -0.25) is 9.59 Å². The van der Waals surface area contributed by atoms with E-state index in [0.29, 0.717) is 18.8 Å². The van der Waals surface area contributed by atoms with E-state index < -0.39 is 5.41 Å². The summed E-state index contributed by atoms with van der Waals surface area (Å²) in [6, 6.07) is 0. The molecule has 4 heteroatoms. The van der Waals surface area contributed by atoms with Crippen molar-refractivity contribution in [3.8, 4) is 0 Å². The van der Waals surface area contributed by atoms with Gasteiger partial charge in [-0.2, -0.15) is 0 Å². The van der Waals surface area contributed by atoms with Crippen molar-refractivity contribution in [1.82, 2.24) is 0 Å². The van der Waals surface area contributed by atoms with Gasteiger partial charge in [0.05, 0.1) is 5.41 Å². The van der Waals surface area contributed by atoms with Crippen LogP contribution in [0.5, 0.6) is 0 Å². The fourth-order valence-electron chi connectivity index (χ4n) is 2.75. The van der Waals surface area contributed by atoms with E-state index in [1.54, 1.807) is 0 Å². The van der Waals surface area contributed by atoms with Gasteiger partial charge in [0.2, 0.25) is 0 Å². The van der Waals surface area contributed by atoms with Crippen LogP contribution in [0.1, 0.15) is 32.6 Å². The highest BCUT2D eigenvalue weighted by molar-refractivity contribution is 6.08. The van der Waals surface area contributed by atoms with Gasteiger partial charge in [-0.25, -0.2) is 0 Å². The lowest BCUT2D eigenvalue weighted by molar-refractivity contribution is -0.148. The fourth-order valence-corrected chi connectivity index (χ4v) is 2.75. The van der Waals surface area contributed by atoms with Crippen molar-refractivity contribution in [3.63, 3.8) is 0 Å². The third-order valence-corrected chi connectivity index (χ3v) is 3.62. The maximum Gasteiger partial charge on any atom is 0.172 e. The van der Waals surface area contributed by atoms with Crippen molar-refractivity contribution >= 4 is 11.6 Å². The largest absolute Gasteiger partial charge is 0.377 e. The van der Waals surface area contributed by atoms with Crippen LogP contribution in [0.15, 0.2) is 0 Å². The molecular formula is C13H22O4. The molecule has 0 saturated heterocycles. The van der Waals surface area contributed by atoms with Crippen LogP contribution in [0.4, 0.5) is 0 Å². The van der Waals surface area contributed by atoms with E-state index in [1.807, 2.05) is 0 Å². The third-order valence-electron chi connectivity index (χ3n) is 3.62. The standard InChI is InChI=1S/C13H22O4/c1-10-5-4-6-13(7-10,11(14)8-16-2)12(15)9-17-3/h10H,4-9H2,1-3H3. The number of hydrogen-bond donors (Lipinski definition) is 0. The van der Waals surface area contributed by atoms with Crippen LogP contribution in [0.25, 0.3) is 0 Å². The zero-order valence-corrected chi connectivity index (χ0v) is 11.0. The summed E-state index contributed by atoms with van der Waals surface area (Å²) in [5, 5.41) is 0. The molecule has 0 aromatic heterocycles. The predicted octanol–water partition coefficient (Wildman–Crippen LogP) is 1.61. The number of carbonyl (C=O) groups excluding carboxylic acids is 2. The number of methoxy groups -OCH3 is 2. The first-order valence-electron chi connectivity index (χ1n) is 6.11. The first-order chi connectivity index (χ1) is 8.06. The molecule has 0 amide bonds. The van der Waals surface area contributed by atoms with Crippen molar-refractivity contribution in [2.75, 3.05) is 27.4 Å². The molecule has 1 unspecified atom stereocenters. The predicted molar refractivity (Wildman–Crippen MR) is 63.8 cm³/mol. The third kappa shape index (κ3) is 3.13. The molecule has 0 N–H and O–H groups in total. The highest BCUT2D eigenvalue weighted by Gasteiger charge is 2.46. The van der Waals surface area contributed by atoms with Crippen molar-refractivity contribution in [3.05, 3.63) is 0 Å². The zero-order valence-electron chi connectivity index (χ0n) is 11.0. The van der Waals surface area contributed by atoms with Gasteiger partial charge in [0.25, 0.3) is 0 Å². The molecule has 0 aromatic rings.